The highest BCUT2D eigenvalue weighted by atomic mass is 16.5. The Morgan fingerprint density at radius 1 is 1.04 bits per heavy atom. The molecule has 27 heavy (non-hydrogen) atoms. The number of rotatable bonds is 5. The van der Waals surface area contributed by atoms with Gasteiger partial charge in [-0.05, 0) is 47.4 Å². The van der Waals surface area contributed by atoms with E-state index in [1.165, 1.54) is 11.1 Å². The van der Waals surface area contributed by atoms with Gasteiger partial charge in [-0.25, -0.2) is 0 Å². The summed E-state index contributed by atoms with van der Waals surface area (Å²) in [4.78, 5) is 15.1. The molecule has 1 unspecified atom stereocenters. The van der Waals surface area contributed by atoms with Gasteiger partial charge in [0.05, 0.1) is 19.6 Å². The summed E-state index contributed by atoms with van der Waals surface area (Å²) in [6.07, 6.45) is 5.39. The molecule has 0 aliphatic carbocycles. The summed E-state index contributed by atoms with van der Waals surface area (Å²) < 4.78 is 7.48. The summed E-state index contributed by atoms with van der Waals surface area (Å²) in [6, 6.07) is 20.3. The molecule has 0 saturated carbocycles. The second-order valence-electron chi connectivity index (χ2n) is 6.96. The van der Waals surface area contributed by atoms with E-state index in [-0.39, 0.29) is 11.9 Å². The van der Waals surface area contributed by atoms with Crippen molar-refractivity contribution in [3.05, 3.63) is 89.7 Å². The third-order valence-electron chi connectivity index (χ3n) is 5.32. The molecule has 0 saturated heterocycles. The molecule has 4 nitrogen and oxygen atoms in total. The second-order valence-corrected chi connectivity index (χ2v) is 6.96. The van der Waals surface area contributed by atoms with Crippen LogP contribution in [0.25, 0.3) is 0 Å². The zero-order valence-electron chi connectivity index (χ0n) is 15.5. The minimum Gasteiger partial charge on any atom is -0.497 e. The summed E-state index contributed by atoms with van der Waals surface area (Å²) >= 11 is 0. The molecule has 1 atom stereocenters. The number of methoxy groups -OCH3 is 1. The van der Waals surface area contributed by atoms with Crippen LogP contribution in [0, 0.1) is 0 Å². The van der Waals surface area contributed by atoms with Crippen LogP contribution in [0.4, 0.5) is 0 Å². The monoisotopic (exact) mass is 360 g/mol. The van der Waals surface area contributed by atoms with E-state index in [0.29, 0.717) is 13.0 Å². The summed E-state index contributed by atoms with van der Waals surface area (Å²) in [5.74, 6) is 0.995. The van der Waals surface area contributed by atoms with E-state index in [1.54, 1.807) is 7.11 Å². The summed E-state index contributed by atoms with van der Waals surface area (Å²) in [5.41, 5.74) is 3.70. The van der Waals surface area contributed by atoms with E-state index in [9.17, 15) is 4.79 Å². The molecule has 1 amide bonds. The molecule has 1 aliphatic heterocycles. The average molecular weight is 360 g/mol. The van der Waals surface area contributed by atoms with Crippen LogP contribution in [-0.4, -0.2) is 29.0 Å². The smallest absolute Gasteiger partial charge is 0.225 e. The lowest BCUT2D eigenvalue weighted by Gasteiger charge is -2.30. The standard InChI is InChI=1S/C23H24N2O2/c1-27-21-10-6-9-19(15-21)22(24-12-4-5-13-24)16-23(26)25-14-11-18-7-2-3-8-20(18)17-25/h2-10,12-13,15,22H,11,14,16-17H2,1H3. The second kappa shape index (κ2) is 7.70. The van der Waals surface area contributed by atoms with Gasteiger partial charge in [-0.2, -0.15) is 0 Å². The number of benzene rings is 2. The zero-order chi connectivity index (χ0) is 18.6. The van der Waals surface area contributed by atoms with Gasteiger partial charge in [-0.15, -0.1) is 0 Å². The number of amides is 1. The molecule has 1 aromatic heterocycles. The van der Waals surface area contributed by atoms with Crippen molar-refractivity contribution in [2.24, 2.45) is 0 Å². The first kappa shape index (κ1) is 17.4. The Morgan fingerprint density at radius 3 is 2.59 bits per heavy atom. The van der Waals surface area contributed by atoms with Crippen LogP contribution in [0.3, 0.4) is 0 Å². The fourth-order valence-corrected chi connectivity index (χ4v) is 3.80. The van der Waals surface area contributed by atoms with E-state index in [1.807, 2.05) is 53.7 Å². The third-order valence-corrected chi connectivity index (χ3v) is 5.32. The van der Waals surface area contributed by atoms with Crippen molar-refractivity contribution < 1.29 is 9.53 Å². The molecule has 0 N–H and O–H groups in total. The largest absolute Gasteiger partial charge is 0.497 e. The van der Waals surface area contributed by atoms with Gasteiger partial charge < -0.3 is 14.2 Å². The van der Waals surface area contributed by atoms with Gasteiger partial charge in [0, 0.05) is 25.5 Å². The van der Waals surface area contributed by atoms with Crippen LogP contribution in [0.1, 0.15) is 29.2 Å². The topological polar surface area (TPSA) is 34.5 Å². The van der Waals surface area contributed by atoms with Gasteiger partial charge in [0.25, 0.3) is 0 Å². The first-order valence-electron chi connectivity index (χ1n) is 9.35. The van der Waals surface area contributed by atoms with Crippen molar-refractivity contribution in [2.75, 3.05) is 13.7 Å². The van der Waals surface area contributed by atoms with Gasteiger partial charge in [0.1, 0.15) is 5.75 Å². The van der Waals surface area contributed by atoms with Crippen molar-refractivity contribution in [1.29, 1.82) is 0 Å². The number of hydrogen-bond acceptors (Lipinski definition) is 2. The number of aromatic nitrogens is 1. The van der Waals surface area contributed by atoms with Crippen molar-refractivity contribution >= 4 is 5.91 Å². The van der Waals surface area contributed by atoms with E-state index < -0.39 is 0 Å². The fraction of sp³-hybridized carbons (Fsp3) is 0.261. The van der Waals surface area contributed by atoms with Gasteiger partial charge in [0.15, 0.2) is 0 Å². The summed E-state index contributed by atoms with van der Waals surface area (Å²) in [7, 11) is 1.67. The van der Waals surface area contributed by atoms with Crippen LogP contribution in [0.5, 0.6) is 5.75 Å². The predicted octanol–water partition coefficient (Wildman–Crippen LogP) is 4.06. The van der Waals surface area contributed by atoms with E-state index in [2.05, 4.69) is 28.8 Å². The first-order chi connectivity index (χ1) is 13.2. The van der Waals surface area contributed by atoms with Crippen molar-refractivity contribution in [2.45, 2.75) is 25.4 Å². The fourth-order valence-electron chi connectivity index (χ4n) is 3.80. The Hall–Kier alpha value is -3.01. The minimum atomic E-state index is -0.0419. The molecular formula is C23H24N2O2. The molecule has 0 bridgehead atoms. The Kier molecular flexibility index (Phi) is 4.97. The highest BCUT2D eigenvalue weighted by Crippen LogP contribution is 2.28. The maximum atomic E-state index is 13.1. The molecular weight excluding hydrogens is 336 g/mol. The van der Waals surface area contributed by atoms with Gasteiger partial charge >= 0.3 is 0 Å². The average Bonchev–Trinajstić information content (AvgIpc) is 3.26. The normalized spacial score (nSPS) is 14.5. The van der Waals surface area contributed by atoms with Gasteiger partial charge in [-0.1, -0.05) is 36.4 Å². The minimum absolute atomic E-state index is 0.0419. The Labute approximate surface area is 160 Å². The maximum Gasteiger partial charge on any atom is 0.225 e. The molecule has 2 aromatic carbocycles. The SMILES string of the molecule is COc1cccc(C(CC(=O)N2CCc3ccccc3C2)n2cccc2)c1. The molecule has 2 heterocycles. The molecule has 0 fully saturated rings. The van der Waals surface area contributed by atoms with Crippen molar-refractivity contribution in [3.8, 4) is 5.75 Å². The number of ether oxygens (including phenoxy) is 1. The van der Waals surface area contributed by atoms with Crippen molar-refractivity contribution in [3.63, 3.8) is 0 Å². The zero-order valence-corrected chi connectivity index (χ0v) is 15.5. The third kappa shape index (κ3) is 3.75. The van der Waals surface area contributed by atoms with Gasteiger partial charge in [0.2, 0.25) is 5.91 Å². The number of carbonyl (C=O) groups is 1. The summed E-state index contributed by atoms with van der Waals surface area (Å²) in [6.45, 7) is 1.48. The molecule has 0 spiro atoms. The number of hydrogen-bond donors (Lipinski definition) is 0. The molecule has 0 radical (unpaired) electrons. The molecule has 4 rings (SSSR count). The van der Waals surface area contributed by atoms with E-state index in [0.717, 1.165) is 24.3 Å². The molecule has 3 aromatic rings. The van der Waals surface area contributed by atoms with E-state index in [4.69, 9.17) is 4.74 Å². The first-order valence-corrected chi connectivity index (χ1v) is 9.35. The van der Waals surface area contributed by atoms with Crippen LogP contribution in [0.2, 0.25) is 0 Å². The Bertz CT molecular complexity index is 918. The molecule has 4 heteroatoms. The molecule has 1 aliphatic rings. The summed E-state index contributed by atoms with van der Waals surface area (Å²) in [5, 5.41) is 0. The quantitative estimate of drug-likeness (QED) is 0.688. The highest BCUT2D eigenvalue weighted by Gasteiger charge is 2.24. The lowest BCUT2D eigenvalue weighted by Crippen LogP contribution is -2.37. The van der Waals surface area contributed by atoms with Crippen molar-refractivity contribution in [1.82, 2.24) is 9.47 Å². The maximum absolute atomic E-state index is 13.1. The van der Waals surface area contributed by atoms with Crippen LogP contribution < -0.4 is 4.74 Å². The van der Waals surface area contributed by atoms with Gasteiger partial charge in [-0.3, -0.25) is 4.79 Å². The van der Waals surface area contributed by atoms with E-state index >= 15 is 0 Å². The Balaban J connectivity index is 1.56. The predicted molar refractivity (Wildman–Crippen MR) is 106 cm³/mol. The van der Waals surface area contributed by atoms with Crippen LogP contribution in [0.15, 0.2) is 73.1 Å². The number of nitrogens with zero attached hydrogens (tertiary/aromatic N) is 2. The number of carbonyl (C=O) groups excluding carboxylic acids is 1. The lowest BCUT2D eigenvalue weighted by molar-refractivity contribution is -0.132. The highest BCUT2D eigenvalue weighted by molar-refractivity contribution is 5.77. The molecule has 138 valence electrons. The van der Waals surface area contributed by atoms with Crippen LogP contribution in [-0.2, 0) is 17.8 Å². The van der Waals surface area contributed by atoms with Crippen LogP contribution >= 0.6 is 0 Å². The number of fused-ring (bicyclic) bond motifs is 1. The Morgan fingerprint density at radius 2 is 1.81 bits per heavy atom. The lowest BCUT2D eigenvalue weighted by atomic mass is 9.98.